The van der Waals surface area contributed by atoms with Crippen LogP contribution in [0.1, 0.15) is 45.4 Å². The molecule has 0 aromatic carbocycles. The summed E-state index contributed by atoms with van der Waals surface area (Å²) in [7, 11) is 1.67. The van der Waals surface area contributed by atoms with Crippen molar-refractivity contribution in [2.45, 2.75) is 57.5 Å². The molecule has 1 aliphatic heterocycles. The van der Waals surface area contributed by atoms with Gasteiger partial charge in [0, 0.05) is 26.3 Å². The molecule has 4 heteroatoms. The molecule has 1 saturated heterocycles. The molecule has 2 atom stereocenters. The first-order valence-electron chi connectivity index (χ1n) is 6.71. The number of nitrogens with two attached hydrogens (primary N) is 1. The number of hydrogen-bond donors (Lipinski definition) is 1. The second kappa shape index (κ2) is 7.67. The molecular weight excluding hydrogens is 216 g/mol. The van der Waals surface area contributed by atoms with Crippen molar-refractivity contribution >= 4 is 5.91 Å². The minimum atomic E-state index is -0.356. The van der Waals surface area contributed by atoms with E-state index in [1.54, 1.807) is 7.11 Å². The van der Waals surface area contributed by atoms with Crippen LogP contribution in [0.5, 0.6) is 0 Å². The second-order valence-electron chi connectivity index (χ2n) is 4.97. The maximum Gasteiger partial charge on any atom is 0.239 e. The summed E-state index contributed by atoms with van der Waals surface area (Å²) in [5.41, 5.74) is 5.96. The highest BCUT2D eigenvalue weighted by molar-refractivity contribution is 5.81. The quantitative estimate of drug-likeness (QED) is 0.744. The molecule has 0 saturated carbocycles. The van der Waals surface area contributed by atoms with Crippen molar-refractivity contribution in [2.24, 2.45) is 5.73 Å². The Morgan fingerprint density at radius 3 is 2.94 bits per heavy atom. The van der Waals surface area contributed by atoms with Crippen molar-refractivity contribution in [1.82, 2.24) is 4.90 Å². The Bertz CT molecular complexity index is 233. The lowest BCUT2D eigenvalue weighted by atomic mass is 10.1. The number of amides is 1. The Hall–Kier alpha value is -0.610. The van der Waals surface area contributed by atoms with E-state index in [2.05, 4.69) is 6.92 Å². The number of ether oxygens (including phenoxy) is 1. The summed E-state index contributed by atoms with van der Waals surface area (Å²) in [5.74, 6) is 0.121. The molecule has 100 valence electrons. The van der Waals surface area contributed by atoms with Crippen LogP contribution in [-0.4, -0.2) is 43.2 Å². The maximum atomic E-state index is 12.2. The van der Waals surface area contributed by atoms with E-state index < -0.39 is 0 Å². The number of carbonyl (C=O) groups is 1. The molecule has 1 rings (SSSR count). The standard InChI is InChI=1S/C13H26N2O2/c1-11-7-4-3-5-9-15(11)13(16)12(14)8-6-10-17-2/h11-12H,3-10,14H2,1-2H3. The number of hydrogen-bond acceptors (Lipinski definition) is 3. The molecule has 0 spiro atoms. The van der Waals surface area contributed by atoms with Crippen molar-refractivity contribution in [1.29, 1.82) is 0 Å². The summed E-state index contributed by atoms with van der Waals surface area (Å²) in [5, 5.41) is 0. The molecule has 0 aromatic rings. The minimum Gasteiger partial charge on any atom is -0.385 e. The van der Waals surface area contributed by atoms with Crippen LogP contribution in [-0.2, 0) is 9.53 Å². The van der Waals surface area contributed by atoms with Crippen molar-refractivity contribution < 1.29 is 9.53 Å². The Morgan fingerprint density at radius 1 is 1.47 bits per heavy atom. The van der Waals surface area contributed by atoms with Gasteiger partial charge in [0.1, 0.15) is 0 Å². The van der Waals surface area contributed by atoms with Gasteiger partial charge in [0.05, 0.1) is 6.04 Å². The molecule has 0 radical (unpaired) electrons. The fraction of sp³-hybridized carbons (Fsp3) is 0.923. The molecule has 4 nitrogen and oxygen atoms in total. The van der Waals surface area contributed by atoms with Crippen LogP contribution in [0.25, 0.3) is 0 Å². The van der Waals surface area contributed by atoms with Gasteiger partial charge in [0.25, 0.3) is 0 Å². The fourth-order valence-corrected chi connectivity index (χ4v) is 2.39. The summed E-state index contributed by atoms with van der Waals surface area (Å²) < 4.78 is 4.98. The van der Waals surface area contributed by atoms with Crippen molar-refractivity contribution in [3.63, 3.8) is 0 Å². The molecule has 2 unspecified atom stereocenters. The fourth-order valence-electron chi connectivity index (χ4n) is 2.39. The van der Waals surface area contributed by atoms with Crippen LogP contribution in [0.15, 0.2) is 0 Å². The summed E-state index contributed by atoms with van der Waals surface area (Å²) in [6, 6.07) is -0.0100. The first-order chi connectivity index (χ1) is 8.16. The number of rotatable bonds is 5. The van der Waals surface area contributed by atoms with Gasteiger partial charge < -0.3 is 15.4 Å². The van der Waals surface area contributed by atoms with Crippen LogP contribution in [0.2, 0.25) is 0 Å². The van der Waals surface area contributed by atoms with Crippen molar-refractivity contribution in [3.8, 4) is 0 Å². The van der Waals surface area contributed by atoms with Crippen molar-refractivity contribution in [3.05, 3.63) is 0 Å². The van der Waals surface area contributed by atoms with Gasteiger partial charge in [-0.25, -0.2) is 0 Å². The molecule has 1 heterocycles. The Kier molecular flexibility index (Phi) is 6.52. The van der Waals surface area contributed by atoms with Crippen molar-refractivity contribution in [2.75, 3.05) is 20.3 Å². The molecule has 1 amide bonds. The highest BCUT2D eigenvalue weighted by Crippen LogP contribution is 2.17. The average Bonchev–Trinajstić information content (AvgIpc) is 2.53. The van der Waals surface area contributed by atoms with Gasteiger partial charge in [0.2, 0.25) is 5.91 Å². The van der Waals surface area contributed by atoms with Gasteiger partial charge in [-0.15, -0.1) is 0 Å². The van der Waals surface area contributed by atoms with Gasteiger partial charge in [0.15, 0.2) is 0 Å². The second-order valence-corrected chi connectivity index (χ2v) is 4.97. The zero-order valence-electron chi connectivity index (χ0n) is 11.2. The molecule has 1 fully saturated rings. The van der Waals surface area contributed by atoms with Crippen LogP contribution >= 0.6 is 0 Å². The zero-order chi connectivity index (χ0) is 12.7. The van der Waals surface area contributed by atoms with Crippen LogP contribution < -0.4 is 5.73 Å². The van der Waals surface area contributed by atoms with Crippen LogP contribution in [0.3, 0.4) is 0 Å². The van der Waals surface area contributed by atoms with E-state index in [1.807, 2.05) is 4.90 Å². The van der Waals surface area contributed by atoms with E-state index in [0.717, 1.165) is 32.2 Å². The van der Waals surface area contributed by atoms with E-state index >= 15 is 0 Å². The van der Waals surface area contributed by atoms with Gasteiger partial charge in [-0.3, -0.25) is 4.79 Å². The predicted octanol–water partition coefficient (Wildman–Crippen LogP) is 1.53. The molecule has 0 aromatic heterocycles. The molecule has 0 bridgehead atoms. The van der Waals surface area contributed by atoms with Gasteiger partial charge in [-0.1, -0.05) is 12.8 Å². The van der Waals surface area contributed by atoms with Crippen LogP contribution in [0, 0.1) is 0 Å². The largest absolute Gasteiger partial charge is 0.385 e. The molecule has 1 aliphatic rings. The third kappa shape index (κ3) is 4.64. The summed E-state index contributed by atoms with van der Waals surface area (Å²) in [6.07, 6.45) is 6.25. The third-order valence-electron chi connectivity index (χ3n) is 3.52. The van der Waals surface area contributed by atoms with E-state index in [0.29, 0.717) is 12.6 Å². The lowest BCUT2D eigenvalue weighted by molar-refractivity contribution is -0.134. The molecule has 17 heavy (non-hydrogen) atoms. The van der Waals surface area contributed by atoms with Gasteiger partial charge >= 0.3 is 0 Å². The number of nitrogens with zero attached hydrogens (tertiary/aromatic N) is 1. The Labute approximate surface area is 104 Å². The molecular formula is C13H26N2O2. The smallest absolute Gasteiger partial charge is 0.239 e. The number of likely N-dealkylation sites (tertiary alicyclic amines) is 1. The maximum absolute atomic E-state index is 12.2. The highest BCUT2D eigenvalue weighted by Gasteiger charge is 2.25. The SMILES string of the molecule is COCCCC(N)C(=O)N1CCCCCC1C. The van der Waals surface area contributed by atoms with Gasteiger partial charge in [-0.05, 0) is 32.6 Å². The van der Waals surface area contributed by atoms with E-state index in [9.17, 15) is 4.79 Å². The summed E-state index contributed by atoms with van der Waals surface area (Å²) in [4.78, 5) is 14.2. The van der Waals surface area contributed by atoms with E-state index in [4.69, 9.17) is 10.5 Å². The van der Waals surface area contributed by atoms with E-state index in [-0.39, 0.29) is 11.9 Å². The molecule has 0 aliphatic carbocycles. The zero-order valence-corrected chi connectivity index (χ0v) is 11.2. The number of carbonyl (C=O) groups excluding carboxylic acids is 1. The minimum absolute atomic E-state index is 0.121. The van der Waals surface area contributed by atoms with Gasteiger partial charge in [-0.2, -0.15) is 0 Å². The molecule has 2 N–H and O–H groups in total. The lowest BCUT2D eigenvalue weighted by Gasteiger charge is -2.29. The van der Waals surface area contributed by atoms with Crippen LogP contribution in [0.4, 0.5) is 0 Å². The monoisotopic (exact) mass is 242 g/mol. The first kappa shape index (κ1) is 14.5. The average molecular weight is 242 g/mol. The number of methoxy groups -OCH3 is 1. The summed E-state index contributed by atoms with van der Waals surface area (Å²) in [6.45, 7) is 3.68. The van der Waals surface area contributed by atoms with E-state index in [1.165, 1.54) is 12.8 Å². The lowest BCUT2D eigenvalue weighted by Crippen LogP contribution is -2.47. The third-order valence-corrected chi connectivity index (χ3v) is 3.52. The normalized spacial score (nSPS) is 23.2. The topological polar surface area (TPSA) is 55.6 Å². The summed E-state index contributed by atoms with van der Waals surface area (Å²) >= 11 is 0. The predicted molar refractivity (Wildman–Crippen MR) is 68.7 cm³/mol. The Balaban J connectivity index is 2.42. The highest BCUT2D eigenvalue weighted by atomic mass is 16.5. The first-order valence-corrected chi connectivity index (χ1v) is 6.71. The Morgan fingerprint density at radius 2 is 2.24 bits per heavy atom.